The number of carbonyl (C=O) groups excluding carboxylic acids is 7. The molecule has 5 rings (SSSR count). The molecule has 0 aliphatic carbocycles. The summed E-state index contributed by atoms with van der Waals surface area (Å²) in [6.45, 7) is 0.233. The number of rotatable bonds is 30. The molecular formula is C47H60N14O12. The van der Waals surface area contributed by atoms with Crippen LogP contribution in [0.25, 0.3) is 10.9 Å². The van der Waals surface area contributed by atoms with E-state index >= 15 is 0 Å². The van der Waals surface area contributed by atoms with Crippen LogP contribution in [0.3, 0.4) is 0 Å². The number of aromatic amines is 3. The van der Waals surface area contributed by atoms with Crippen molar-refractivity contribution >= 4 is 64.2 Å². The van der Waals surface area contributed by atoms with Gasteiger partial charge in [-0.2, -0.15) is 0 Å². The third-order valence-corrected chi connectivity index (χ3v) is 11.6. The Labute approximate surface area is 416 Å². The topological polar surface area (TPSA) is 438 Å². The number of fused-ring (bicyclic) bond motifs is 1. The Morgan fingerprint density at radius 2 is 1.12 bits per heavy atom. The van der Waals surface area contributed by atoms with Gasteiger partial charge in [0.2, 0.25) is 41.4 Å². The third-order valence-electron chi connectivity index (χ3n) is 11.6. The summed E-state index contributed by atoms with van der Waals surface area (Å²) in [5, 5.41) is 45.3. The van der Waals surface area contributed by atoms with E-state index in [4.69, 9.17) is 17.2 Å². The van der Waals surface area contributed by atoms with E-state index in [9.17, 15) is 58.5 Å². The lowest BCUT2D eigenvalue weighted by Gasteiger charge is -2.27. The van der Waals surface area contributed by atoms with Gasteiger partial charge in [-0.05, 0) is 61.6 Å². The van der Waals surface area contributed by atoms with Crippen molar-refractivity contribution in [1.82, 2.24) is 56.8 Å². The first kappa shape index (κ1) is 55.3. The maximum Gasteiger partial charge on any atom is 0.326 e. The third kappa shape index (κ3) is 17.3. The summed E-state index contributed by atoms with van der Waals surface area (Å²) >= 11 is 0. The van der Waals surface area contributed by atoms with Gasteiger partial charge in [-0.3, -0.25) is 38.4 Å². The van der Waals surface area contributed by atoms with Gasteiger partial charge in [0, 0.05) is 73.0 Å². The quantitative estimate of drug-likeness (QED) is 0.0217. The number of benzene rings is 2. The molecule has 0 fully saturated rings. The van der Waals surface area contributed by atoms with E-state index in [0.717, 1.165) is 0 Å². The van der Waals surface area contributed by atoms with E-state index in [1.165, 1.54) is 49.3 Å². The molecule has 7 atom stereocenters. The molecule has 5 aromatic rings. The predicted octanol–water partition coefficient (Wildman–Crippen LogP) is -2.22. The molecule has 0 saturated heterocycles. The zero-order chi connectivity index (χ0) is 53.0. The van der Waals surface area contributed by atoms with Crippen LogP contribution in [-0.2, 0) is 68.8 Å². The van der Waals surface area contributed by atoms with Crippen molar-refractivity contribution in [3.05, 3.63) is 102 Å². The number of hydrogen-bond donors (Lipinski definition) is 15. The maximum atomic E-state index is 14.4. The van der Waals surface area contributed by atoms with Gasteiger partial charge in [0.1, 0.15) is 42.0 Å². The largest absolute Gasteiger partial charge is 0.508 e. The monoisotopic (exact) mass is 1010 g/mol. The summed E-state index contributed by atoms with van der Waals surface area (Å²) in [6, 6.07) is 2.13. The van der Waals surface area contributed by atoms with Crippen LogP contribution in [0, 0.1) is 0 Å². The van der Waals surface area contributed by atoms with Gasteiger partial charge in [-0.15, -0.1) is 0 Å². The van der Waals surface area contributed by atoms with E-state index in [0.29, 0.717) is 46.3 Å². The van der Waals surface area contributed by atoms with E-state index in [1.54, 1.807) is 30.5 Å². The molecule has 0 radical (unpaired) electrons. The van der Waals surface area contributed by atoms with E-state index in [1.807, 2.05) is 0 Å². The summed E-state index contributed by atoms with van der Waals surface area (Å²) in [7, 11) is 0. The van der Waals surface area contributed by atoms with Crippen LogP contribution in [0.15, 0.2) is 79.8 Å². The van der Waals surface area contributed by atoms with Gasteiger partial charge in [-0.1, -0.05) is 30.3 Å². The minimum Gasteiger partial charge on any atom is -0.508 e. The van der Waals surface area contributed by atoms with Crippen LogP contribution < -0.4 is 49.1 Å². The number of unbranched alkanes of at least 4 members (excludes halogenated alkanes) is 1. The number of H-pyrrole nitrogens is 3. The summed E-state index contributed by atoms with van der Waals surface area (Å²) in [5.74, 6) is -9.62. The number of nitrogens with two attached hydrogens (primary N) is 3. The number of amides is 7. The standard InChI is InChI=1S/C47H60N14O12/c48-14-4-3-7-33(42(67)61-38(47(72)73)15-25-8-10-29(62)11-9-25)57-45(70)36(18-28-22-52-24-55-28)59-46(71)37(19-40(64)65)60-44(69)35(16-26-20-53-32-6-2-1-5-30(26)32)58-43(68)34(12-13-39(50)63)56-41(66)31(49)17-27-21-51-23-54-27/h1-2,5-6,8-11,20-24,31,33-38,53,62H,3-4,7,12-19,48-49H2,(H2,50,63)(H,51,54)(H,52,55)(H,56,66)(H,57,70)(H,58,68)(H,59,71)(H,60,69)(H,61,67)(H,64,65)(H,72,73)/t31-,33-,34-,35-,36-,37-,38-/m0/s1. The molecule has 7 amide bonds. The van der Waals surface area contributed by atoms with Gasteiger partial charge in [0.05, 0.1) is 25.1 Å². The Kier molecular flexibility index (Phi) is 20.5. The molecule has 0 aliphatic heterocycles. The number of aliphatic carboxylic acids is 2. The minimum atomic E-state index is -1.91. The van der Waals surface area contributed by atoms with Crippen molar-refractivity contribution in [2.45, 2.75) is 107 Å². The van der Waals surface area contributed by atoms with Crippen molar-refractivity contribution < 1.29 is 58.5 Å². The fourth-order valence-electron chi connectivity index (χ4n) is 7.69. The Morgan fingerprint density at radius 1 is 0.589 bits per heavy atom. The van der Waals surface area contributed by atoms with Gasteiger partial charge in [0.15, 0.2) is 0 Å². The average Bonchev–Trinajstić information content (AvgIpc) is 4.16. The smallest absolute Gasteiger partial charge is 0.326 e. The fourth-order valence-corrected chi connectivity index (χ4v) is 7.69. The lowest BCUT2D eigenvalue weighted by Crippen LogP contribution is -2.60. The number of imidazole rings is 2. The second-order valence-corrected chi connectivity index (χ2v) is 17.2. The molecule has 390 valence electrons. The van der Waals surface area contributed by atoms with E-state index in [-0.39, 0.29) is 57.2 Å². The SMILES string of the molecule is NCCCC[C@H](NC(=O)[C@H](Cc1cnc[nH]1)NC(=O)[C@H](CC(=O)O)NC(=O)[C@H](Cc1c[nH]c2ccccc12)NC(=O)[C@H](CCC(N)=O)NC(=O)[C@@H](N)Cc1cnc[nH]1)C(=O)N[C@@H](Cc1ccc(O)cc1)C(=O)O. The molecule has 26 heteroatoms. The van der Waals surface area contributed by atoms with Crippen molar-refractivity contribution in [2.75, 3.05) is 6.54 Å². The van der Waals surface area contributed by atoms with Gasteiger partial charge >= 0.3 is 11.9 Å². The van der Waals surface area contributed by atoms with Crippen LogP contribution in [-0.4, -0.2) is 142 Å². The summed E-state index contributed by atoms with van der Waals surface area (Å²) in [6.07, 6.45) is 5.33. The first-order valence-corrected chi connectivity index (χ1v) is 23.2. The number of aromatic nitrogens is 5. The normalized spacial score (nSPS) is 14.0. The molecule has 3 heterocycles. The maximum absolute atomic E-state index is 14.4. The van der Waals surface area contributed by atoms with E-state index < -0.39 is 102 Å². The van der Waals surface area contributed by atoms with Crippen molar-refractivity contribution in [2.24, 2.45) is 17.2 Å². The summed E-state index contributed by atoms with van der Waals surface area (Å²) < 4.78 is 0. The highest BCUT2D eigenvalue weighted by molar-refractivity contribution is 5.98. The lowest BCUT2D eigenvalue weighted by molar-refractivity contribution is -0.142. The first-order chi connectivity index (χ1) is 34.9. The molecule has 0 aliphatic rings. The molecule has 0 bridgehead atoms. The lowest BCUT2D eigenvalue weighted by atomic mass is 10.0. The van der Waals surface area contributed by atoms with Crippen molar-refractivity contribution in [1.29, 1.82) is 0 Å². The van der Waals surface area contributed by atoms with Crippen LogP contribution in [0.5, 0.6) is 5.75 Å². The second-order valence-electron chi connectivity index (χ2n) is 17.2. The number of hydrogen-bond acceptors (Lipinski definition) is 14. The predicted molar refractivity (Wildman–Crippen MR) is 259 cm³/mol. The number of carbonyl (C=O) groups is 9. The van der Waals surface area contributed by atoms with Crippen LogP contribution in [0.1, 0.15) is 61.0 Å². The highest BCUT2D eigenvalue weighted by atomic mass is 16.4. The molecule has 0 unspecified atom stereocenters. The second kappa shape index (κ2) is 27.1. The van der Waals surface area contributed by atoms with Gasteiger partial charge < -0.3 is 79.4 Å². The molecule has 0 spiro atoms. The number of para-hydroxylation sites is 1. The molecule has 18 N–H and O–H groups in total. The molecule has 26 nitrogen and oxygen atoms in total. The fraction of sp³-hybridized carbons (Fsp3) is 0.383. The van der Waals surface area contributed by atoms with Gasteiger partial charge in [0.25, 0.3) is 0 Å². The molecule has 0 saturated carbocycles. The Hall–Kier alpha value is -8.65. The highest BCUT2D eigenvalue weighted by Gasteiger charge is 2.35. The first-order valence-electron chi connectivity index (χ1n) is 23.2. The zero-order valence-electron chi connectivity index (χ0n) is 39.5. The van der Waals surface area contributed by atoms with Crippen LogP contribution in [0.2, 0.25) is 0 Å². The number of phenolic OH excluding ortho intramolecular Hbond substituents is 1. The summed E-state index contributed by atoms with van der Waals surface area (Å²) in [4.78, 5) is 137. The highest BCUT2D eigenvalue weighted by Crippen LogP contribution is 2.20. The number of nitrogens with zero attached hydrogens (tertiary/aromatic N) is 2. The number of carboxylic acids is 2. The Balaban J connectivity index is 1.39. The van der Waals surface area contributed by atoms with Crippen molar-refractivity contribution in [3.8, 4) is 5.75 Å². The number of aromatic hydroxyl groups is 1. The molecule has 2 aromatic carbocycles. The van der Waals surface area contributed by atoms with E-state index in [2.05, 4.69) is 56.8 Å². The molecule has 73 heavy (non-hydrogen) atoms. The molecule has 3 aromatic heterocycles. The van der Waals surface area contributed by atoms with Gasteiger partial charge in [-0.25, -0.2) is 14.8 Å². The average molecular weight is 1010 g/mol. The zero-order valence-corrected chi connectivity index (χ0v) is 39.5. The Bertz CT molecular complexity index is 2680. The number of primary amides is 1. The summed E-state index contributed by atoms with van der Waals surface area (Å²) in [5.41, 5.74) is 19.7. The number of nitrogens with one attached hydrogen (secondary N) is 9. The van der Waals surface area contributed by atoms with Crippen LogP contribution in [0.4, 0.5) is 0 Å². The van der Waals surface area contributed by atoms with Crippen LogP contribution >= 0.6 is 0 Å². The number of carboxylic acid groups (broad SMARTS) is 2. The van der Waals surface area contributed by atoms with Crippen molar-refractivity contribution in [3.63, 3.8) is 0 Å². The number of phenols is 1. The molecular weight excluding hydrogens is 953 g/mol. The minimum absolute atomic E-state index is 0.0000392. The Morgan fingerprint density at radius 3 is 1.71 bits per heavy atom.